The van der Waals surface area contributed by atoms with Gasteiger partial charge in [0.05, 0.1) is 7.11 Å². The lowest BCUT2D eigenvalue weighted by molar-refractivity contribution is 0.351. The van der Waals surface area contributed by atoms with Crippen LogP contribution in [0.2, 0.25) is 0 Å². The molecular weight excluding hydrogens is 170 g/mol. The number of anilines is 1. The normalized spacial score (nSPS) is 9.69. The second kappa shape index (κ2) is 3.89. The summed E-state index contributed by atoms with van der Waals surface area (Å²) in [7, 11) is 1.43. The smallest absolute Gasteiger partial charge is 0.200 e. The summed E-state index contributed by atoms with van der Waals surface area (Å²) in [6.07, 6.45) is 0. The van der Waals surface area contributed by atoms with Crippen molar-refractivity contribution in [2.45, 2.75) is 6.92 Å². The van der Waals surface area contributed by atoms with Crippen LogP contribution in [0.1, 0.15) is 6.92 Å². The predicted molar refractivity (Wildman–Crippen MR) is 50.5 cm³/mol. The molecule has 0 aromatic heterocycles. The second-order valence-electron chi connectivity index (χ2n) is 2.58. The minimum absolute atomic E-state index is 0.185. The van der Waals surface area contributed by atoms with Gasteiger partial charge < -0.3 is 20.3 Å². The van der Waals surface area contributed by atoms with E-state index in [1.807, 2.05) is 6.92 Å². The quantitative estimate of drug-likeness (QED) is 0.491. The van der Waals surface area contributed by atoms with Gasteiger partial charge in [0.15, 0.2) is 11.5 Å². The highest BCUT2D eigenvalue weighted by atomic mass is 16.5. The van der Waals surface area contributed by atoms with Gasteiger partial charge in [-0.2, -0.15) is 0 Å². The molecule has 0 bridgehead atoms. The first kappa shape index (κ1) is 9.51. The van der Waals surface area contributed by atoms with Crippen molar-refractivity contribution in [1.29, 1.82) is 0 Å². The van der Waals surface area contributed by atoms with E-state index < -0.39 is 0 Å². The van der Waals surface area contributed by atoms with Crippen LogP contribution in [-0.4, -0.2) is 23.9 Å². The van der Waals surface area contributed by atoms with Gasteiger partial charge in [-0.1, -0.05) is 0 Å². The summed E-state index contributed by atoms with van der Waals surface area (Å²) < 4.78 is 4.86. The van der Waals surface area contributed by atoms with Gasteiger partial charge in [0.1, 0.15) is 0 Å². The highest BCUT2D eigenvalue weighted by Crippen LogP contribution is 2.37. The zero-order valence-corrected chi connectivity index (χ0v) is 7.66. The van der Waals surface area contributed by atoms with E-state index >= 15 is 0 Å². The van der Waals surface area contributed by atoms with Crippen molar-refractivity contribution in [2.75, 3.05) is 19.0 Å². The molecule has 0 atom stereocenters. The van der Waals surface area contributed by atoms with Crippen molar-refractivity contribution < 1.29 is 14.9 Å². The summed E-state index contributed by atoms with van der Waals surface area (Å²) in [5.41, 5.74) is 0.717. The Bertz CT molecular complexity index is 299. The van der Waals surface area contributed by atoms with Gasteiger partial charge in [-0.05, 0) is 6.92 Å². The molecule has 3 N–H and O–H groups in total. The number of methoxy groups -OCH3 is 1. The fourth-order valence-corrected chi connectivity index (χ4v) is 1.05. The molecule has 0 aliphatic rings. The molecule has 0 aliphatic carbocycles. The van der Waals surface area contributed by atoms with E-state index in [1.165, 1.54) is 13.2 Å². The molecule has 0 unspecified atom stereocenters. The number of ether oxygens (including phenoxy) is 1. The zero-order chi connectivity index (χ0) is 9.84. The Hall–Kier alpha value is -1.58. The third-order valence-corrected chi connectivity index (χ3v) is 1.66. The van der Waals surface area contributed by atoms with E-state index in [2.05, 4.69) is 5.32 Å². The Morgan fingerprint density at radius 2 is 2.08 bits per heavy atom. The molecule has 0 aliphatic heterocycles. The van der Waals surface area contributed by atoms with Crippen LogP contribution in [0.4, 0.5) is 5.69 Å². The first-order chi connectivity index (χ1) is 6.19. The molecule has 0 fully saturated rings. The molecule has 1 rings (SSSR count). The topological polar surface area (TPSA) is 61.7 Å². The molecular formula is C9H13NO3. The Morgan fingerprint density at radius 1 is 1.38 bits per heavy atom. The van der Waals surface area contributed by atoms with Gasteiger partial charge in [-0.25, -0.2) is 0 Å². The lowest BCUT2D eigenvalue weighted by atomic mass is 10.2. The van der Waals surface area contributed by atoms with Crippen molar-refractivity contribution in [3.05, 3.63) is 12.1 Å². The summed E-state index contributed by atoms with van der Waals surface area (Å²) in [6, 6.07) is 3.07. The highest BCUT2D eigenvalue weighted by molar-refractivity contribution is 5.61. The lowest BCUT2D eigenvalue weighted by Gasteiger charge is -2.09. The molecule has 0 amide bonds. The monoisotopic (exact) mass is 183 g/mol. The molecule has 1 aromatic carbocycles. The van der Waals surface area contributed by atoms with Gasteiger partial charge >= 0.3 is 0 Å². The Labute approximate surface area is 76.8 Å². The lowest BCUT2D eigenvalue weighted by Crippen LogP contribution is -1.96. The third kappa shape index (κ3) is 1.96. The van der Waals surface area contributed by atoms with Gasteiger partial charge in [-0.3, -0.25) is 0 Å². The van der Waals surface area contributed by atoms with Crippen molar-refractivity contribution in [1.82, 2.24) is 0 Å². The van der Waals surface area contributed by atoms with Crippen LogP contribution in [0.25, 0.3) is 0 Å². The Morgan fingerprint density at radius 3 is 2.62 bits per heavy atom. The first-order valence-electron chi connectivity index (χ1n) is 4.02. The van der Waals surface area contributed by atoms with Crippen LogP contribution in [0.3, 0.4) is 0 Å². The van der Waals surface area contributed by atoms with Crippen LogP contribution in [-0.2, 0) is 0 Å². The summed E-state index contributed by atoms with van der Waals surface area (Å²) in [4.78, 5) is 0. The summed E-state index contributed by atoms with van der Waals surface area (Å²) in [5, 5.41) is 21.6. The van der Waals surface area contributed by atoms with E-state index in [1.54, 1.807) is 6.07 Å². The molecule has 0 heterocycles. The van der Waals surface area contributed by atoms with Crippen molar-refractivity contribution in [2.24, 2.45) is 0 Å². The maximum atomic E-state index is 9.29. The molecule has 72 valence electrons. The number of benzene rings is 1. The van der Waals surface area contributed by atoms with Crippen LogP contribution < -0.4 is 10.1 Å². The van der Waals surface area contributed by atoms with Gasteiger partial charge in [0, 0.05) is 24.4 Å². The van der Waals surface area contributed by atoms with Gasteiger partial charge in [0.2, 0.25) is 5.75 Å². The van der Waals surface area contributed by atoms with Gasteiger partial charge in [-0.15, -0.1) is 0 Å². The maximum Gasteiger partial charge on any atom is 0.200 e. The number of phenolic OH excluding ortho intramolecular Hbond substituents is 2. The van der Waals surface area contributed by atoms with Crippen molar-refractivity contribution in [3.63, 3.8) is 0 Å². The van der Waals surface area contributed by atoms with Crippen LogP contribution >= 0.6 is 0 Å². The SMILES string of the molecule is CCNc1cc(O)c(O)c(OC)c1. The molecule has 4 nitrogen and oxygen atoms in total. The zero-order valence-electron chi connectivity index (χ0n) is 7.66. The molecule has 0 saturated carbocycles. The second-order valence-corrected chi connectivity index (χ2v) is 2.58. The molecule has 0 saturated heterocycles. The summed E-state index contributed by atoms with van der Waals surface area (Å²) >= 11 is 0. The standard InChI is InChI=1S/C9H13NO3/c1-3-10-6-4-7(11)9(12)8(5-6)13-2/h4-5,10-12H,3H2,1-2H3. The van der Waals surface area contributed by atoms with E-state index in [0.29, 0.717) is 0 Å². The van der Waals surface area contributed by atoms with Crippen LogP contribution in [0, 0.1) is 0 Å². The fraction of sp³-hybridized carbons (Fsp3) is 0.333. The largest absolute Gasteiger partial charge is 0.504 e. The minimum atomic E-state index is -0.232. The number of rotatable bonds is 3. The van der Waals surface area contributed by atoms with E-state index in [-0.39, 0.29) is 17.2 Å². The minimum Gasteiger partial charge on any atom is -0.504 e. The van der Waals surface area contributed by atoms with Crippen LogP contribution in [0.5, 0.6) is 17.2 Å². The third-order valence-electron chi connectivity index (χ3n) is 1.66. The highest BCUT2D eigenvalue weighted by Gasteiger charge is 2.08. The molecule has 0 spiro atoms. The number of hydrogen-bond donors (Lipinski definition) is 3. The van der Waals surface area contributed by atoms with Crippen molar-refractivity contribution >= 4 is 5.69 Å². The van der Waals surface area contributed by atoms with E-state index in [4.69, 9.17) is 4.74 Å². The molecule has 1 aromatic rings. The maximum absolute atomic E-state index is 9.29. The Balaban J connectivity index is 3.06. The van der Waals surface area contributed by atoms with Crippen molar-refractivity contribution in [3.8, 4) is 17.2 Å². The summed E-state index contributed by atoms with van der Waals surface area (Å²) in [5.74, 6) is -0.157. The molecule has 13 heavy (non-hydrogen) atoms. The van der Waals surface area contributed by atoms with E-state index in [9.17, 15) is 10.2 Å². The first-order valence-corrected chi connectivity index (χ1v) is 4.02. The number of phenols is 2. The van der Waals surface area contributed by atoms with E-state index in [0.717, 1.165) is 12.2 Å². The average molecular weight is 183 g/mol. The number of hydrogen-bond acceptors (Lipinski definition) is 4. The number of aromatic hydroxyl groups is 2. The van der Waals surface area contributed by atoms with Crippen LogP contribution in [0.15, 0.2) is 12.1 Å². The average Bonchev–Trinajstić information content (AvgIpc) is 2.11. The summed E-state index contributed by atoms with van der Waals surface area (Å²) in [6.45, 7) is 2.68. The fourth-order valence-electron chi connectivity index (χ4n) is 1.05. The molecule has 0 radical (unpaired) electrons. The number of nitrogens with one attached hydrogen (secondary N) is 1. The Kier molecular flexibility index (Phi) is 2.84. The predicted octanol–water partition coefficient (Wildman–Crippen LogP) is 1.54. The molecule has 4 heteroatoms. The van der Waals surface area contributed by atoms with Gasteiger partial charge in [0.25, 0.3) is 0 Å².